The molecular formula is C13H14ClNO2S. The Labute approximate surface area is 112 Å². The lowest BCUT2D eigenvalue weighted by Crippen LogP contribution is -2.23. The van der Waals surface area contributed by atoms with Gasteiger partial charge in [-0.25, -0.2) is 8.42 Å². The van der Waals surface area contributed by atoms with Crippen molar-refractivity contribution >= 4 is 21.4 Å². The summed E-state index contributed by atoms with van der Waals surface area (Å²) in [5.74, 6) is 0.0464. The topological polar surface area (TPSA) is 57.9 Å². The van der Waals surface area contributed by atoms with Gasteiger partial charge in [0.1, 0.15) is 0 Å². The van der Waals surface area contributed by atoms with E-state index in [1.54, 1.807) is 0 Å². The van der Waals surface area contributed by atoms with Gasteiger partial charge in [0.2, 0.25) is 0 Å². The molecule has 1 atom stereocenters. The predicted molar refractivity (Wildman–Crippen MR) is 71.2 cm³/mol. The van der Waals surface area contributed by atoms with Crippen molar-refractivity contribution in [2.24, 2.45) is 5.41 Å². The van der Waals surface area contributed by atoms with E-state index in [2.05, 4.69) is 6.07 Å². The highest BCUT2D eigenvalue weighted by molar-refractivity contribution is 7.91. The van der Waals surface area contributed by atoms with Crippen LogP contribution in [-0.4, -0.2) is 19.9 Å². The quantitative estimate of drug-likeness (QED) is 0.838. The van der Waals surface area contributed by atoms with Crippen LogP contribution in [0.15, 0.2) is 18.2 Å². The van der Waals surface area contributed by atoms with E-state index in [0.717, 1.165) is 11.1 Å². The Bertz CT molecular complexity index is 618. The molecule has 0 N–H and O–H groups in total. The van der Waals surface area contributed by atoms with E-state index >= 15 is 0 Å². The van der Waals surface area contributed by atoms with Gasteiger partial charge in [0, 0.05) is 5.02 Å². The lowest BCUT2D eigenvalue weighted by molar-refractivity contribution is 0.451. The van der Waals surface area contributed by atoms with Crippen LogP contribution < -0.4 is 0 Å². The first-order chi connectivity index (χ1) is 8.36. The minimum atomic E-state index is -3.07. The second-order valence-electron chi connectivity index (χ2n) is 5.01. The maximum atomic E-state index is 11.6. The summed E-state index contributed by atoms with van der Waals surface area (Å²) < 4.78 is 23.1. The summed E-state index contributed by atoms with van der Waals surface area (Å²) in [4.78, 5) is 0. The number of aryl methyl sites for hydroxylation is 1. The Morgan fingerprint density at radius 1 is 1.50 bits per heavy atom. The number of nitriles is 1. The monoisotopic (exact) mass is 283 g/mol. The number of benzene rings is 1. The molecule has 1 aromatic rings. The lowest BCUT2D eigenvalue weighted by Gasteiger charge is -2.19. The molecule has 5 heteroatoms. The van der Waals surface area contributed by atoms with Gasteiger partial charge in [0.05, 0.1) is 23.0 Å². The molecule has 1 aliphatic rings. The Kier molecular flexibility index (Phi) is 3.39. The second-order valence-corrected chi connectivity index (χ2v) is 7.60. The Balaban J connectivity index is 2.30. The summed E-state index contributed by atoms with van der Waals surface area (Å²) >= 11 is 6.14. The minimum Gasteiger partial charge on any atom is -0.229 e. The van der Waals surface area contributed by atoms with Gasteiger partial charge >= 0.3 is 0 Å². The summed E-state index contributed by atoms with van der Waals surface area (Å²) in [6, 6.07) is 7.83. The number of hydrogen-bond donors (Lipinski definition) is 0. The van der Waals surface area contributed by atoms with Crippen molar-refractivity contribution in [3.63, 3.8) is 0 Å². The van der Waals surface area contributed by atoms with Crippen LogP contribution in [0.25, 0.3) is 0 Å². The molecule has 0 radical (unpaired) electrons. The first kappa shape index (κ1) is 13.4. The standard InChI is InChI=1S/C13H14ClNO2S/c1-10-2-3-11(12(14)6-10)7-13(8-15)4-5-18(16,17)9-13/h2-3,6H,4-5,7,9H2,1H3. The van der Waals surface area contributed by atoms with Gasteiger partial charge in [-0.05, 0) is 37.0 Å². The number of sulfone groups is 1. The van der Waals surface area contributed by atoms with Gasteiger partial charge in [0.15, 0.2) is 9.84 Å². The van der Waals surface area contributed by atoms with Gasteiger partial charge in [-0.15, -0.1) is 0 Å². The van der Waals surface area contributed by atoms with E-state index in [9.17, 15) is 13.7 Å². The molecule has 96 valence electrons. The van der Waals surface area contributed by atoms with E-state index in [1.807, 2.05) is 25.1 Å². The molecular weight excluding hydrogens is 270 g/mol. The molecule has 0 bridgehead atoms. The van der Waals surface area contributed by atoms with Gasteiger partial charge in [-0.3, -0.25) is 0 Å². The maximum absolute atomic E-state index is 11.6. The average Bonchev–Trinajstić information content (AvgIpc) is 2.59. The van der Waals surface area contributed by atoms with Crippen LogP contribution in [0.2, 0.25) is 5.02 Å². The van der Waals surface area contributed by atoms with Crippen molar-refractivity contribution in [2.45, 2.75) is 19.8 Å². The highest BCUT2D eigenvalue weighted by atomic mass is 35.5. The zero-order valence-corrected chi connectivity index (χ0v) is 11.7. The third kappa shape index (κ3) is 2.68. The molecule has 1 fully saturated rings. The summed E-state index contributed by atoms with van der Waals surface area (Å²) in [7, 11) is -3.07. The third-order valence-electron chi connectivity index (χ3n) is 3.36. The average molecular weight is 284 g/mol. The van der Waals surface area contributed by atoms with E-state index in [-0.39, 0.29) is 11.5 Å². The fourth-order valence-electron chi connectivity index (χ4n) is 2.34. The van der Waals surface area contributed by atoms with Crippen LogP contribution >= 0.6 is 11.6 Å². The van der Waals surface area contributed by atoms with Crippen LogP contribution in [0.5, 0.6) is 0 Å². The molecule has 2 rings (SSSR count). The molecule has 0 saturated carbocycles. The fraction of sp³-hybridized carbons (Fsp3) is 0.462. The van der Waals surface area contributed by atoms with Crippen LogP contribution in [-0.2, 0) is 16.3 Å². The minimum absolute atomic E-state index is 0.0549. The van der Waals surface area contributed by atoms with E-state index < -0.39 is 15.3 Å². The fourth-order valence-corrected chi connectivity index (χ4v) is 4.64. The van der Waals surface area contributed by atoms with Gasteiger partial charge in [-0.2, -0.15) is 5.26 Å². The normalized spacial score (nSPS) is 25.8. The van der Waals surface area contributed by atoms with Gasteiger partial charge in [0.25, 0.3) is 0 Å². The van der Waals surface area contributed by atoms with Crippen molar-refractivity contribution in [1.82, 2.24) is 0 Å². The zero-order chi connectivity index (χ0) is 13.4. The maximum Gasteiger partial charge on any atom is 0.151 e. The molecule has 18 heavy (non-hydrogen) atoms. The molecule has 0 aliphatic carbocycles. The Morgan fingerprint density at radius 2 is 2.22 bits per heavy atom. The SMILES string of the molecule is Cc1ccc(CC2(C#N)CCS(=O)(=O)C2)c(Cl)c1. The summed E-state index contributed by atoms with van der Waals surface area (Å²) in [6.07, 6.45) is 0.803. The zero-order valence-electron chi connectivity index (χ0n) is 10.1. The first-order valence-electron chi connectivity index (χ1n) is 5.73. The number of nitrogens with zero attached hydrogens (tertiary/aromatic N) is 1. The molecule has 0 spiro atoms. The third-order valence-corrected chi connectivity index (χ3v) is 5.53. The van der Waals surface area contributed by atoms with Crippen molar-refractivity contribution in [3.05, 3.63) is 34.3 Å². The highest BCUT2D eigenvalue weighted by Crippen LogP contribution is 2.36. The van der Waals surface area contributed by atoms with Crippen molar-refractivity contribution in [2.75, 3.05) is 11.5 Å². The van der Waals surface area contributed by atoms with Crippen LogP contribution in [0.1, 0.15) is 17.5 Å². The predicted octanol–water partition coefficient (Wildman–Crippen LogP) is 2.52. The molecule has 0 amide bonds. The Hall–Kier alpha value is -1.05. The highest BCUT2D eigenvalue weighted by Gasteiger charge is 2.42. The molecule has 1 aliphatic heterocycles. The number of rotatable bonds is 2. The number of hydrogen-bond acceptors (Lipinski definition) is 3. The smallest absolute Gasteiger partial charge is 0.151 e. The summed E-state index contributed by atoms with van der Waals surface area (Å²) in [5.41, 5.74) is 1.09. The van der Waals surface area contributed by atoms with Crippen LogP contribution in [0.3, 0.4) is 0 Å². The van der Waals surface area contributed by atoms with E-state index in [1.165, 1.54) is 0 Å². The van der Waals surface area contributed by atoms with Crippen LogP contribution in [0, 0.1) is 23.7 Å². The largest absolute Gasteiger partial charge is 0.229 e. The Morgan fingerprint density at radius 3 is 2.72 bits per heavy atom. The molecule has 1 unspecified atom stereocenters. The summed E-state index contributed by atoms with van der Waals surface area (Å²) in [5, 5.41) is 9.90. The van der Waals surface area contributed by atoms with Gasteiger partial charge < -0.3 is 0 Å². The van der Waals surface area contributed by atoms with Crippen molar-refractivity contribution in [1.29, 1.82) is 5.26 Å². The summed E-state index contributed by atoms with van der Waals surface area (Å²) in [6.45, 7) is 1.94. The molecule has 1 saturated heterocycles. The van der Waals surface area contributed by atoms with Gasteiger partial charge in [-0.1, -0.05) is 23.7 Å². The first-order valence-corrected chi connectivity index (χ1v) is 7.92. The molecule has 3 nitrogen and oxygen atoms in total. The van der Waals surface area contributed by atoms with Crippen molar-refractivity contribution < 1.29 is 8.42 Å². The van der Waals surface area contributed by atoms with Crippen LogP contribution in [0.4, 0.5) is 0 Å². The van der Waals surface area contributed by atoms with E-state index in [4.69, 9.17) is 11.6 Å². The molecule has 1 aromatic carbocycles. The van der Waals surface area contributed by atoms with Crippen molar-refractivity contribution in [3.8, 4) is 6.07 Å². The molecule has 0 aromatic heterocycles. The van der Waals surface area contributed by atoms with E-state index in [0.29, 0.717) is 17.9 Å². The lowest BCUT2D eigenvalue weighted by atomic mass is 9.82. The molecule has 1 heterocycles. The second kappa shape index (κ2) is 4.56. The number of halogens is 1.